The molecule has 1 atom stereocenters. The molecule has 1 heterocycles. The van der Waals surface area contributed by atoms with Crippen LogP contribution >= 0.6 is 0 Å². The molecule has 24 heavy (non-hydrogen) atoms. The number of hydrogen-bond donors (Lipinski definition) is 2. The van der Waals surface area contributed by atoms with Crippen molar-refractivity contribution in [3.05, 3.63) is 73.8 Å². The SMILES string of the molecule is C=CC[NH+](CC=C)C[C@H](O)Cn1c2ccccc2c2ccccc21. The highest BCUT2D eigenvalue weighted by Gasteiger charge is 2.17. The van der Waals surface area contributed by atoms with Crippen molar-refractivity contribution in [2.24, 2.45) is 0 Å². The Morgan fingerprint density at radius 3 is 1.92 bits per heavy atom. The summed E-state index contributed by atoms with van der Waals surface area (Å²) < 4.78 is 2.23. The Bertz CT molecular complexity index is 786. The molecule has 0 spiro atoms. The fourth-order valence-electron chi connectivity index (χ4n) is 3.47. The van der Waals surface area contributed by atoms with E-state index >= 15 is 0 Å². The quantitative estimate of drug-likeness (QED) is 0.613. The largest absolute Gasteiger partial charge is 0.385 e. The molecule has 0 radical (unpaired) electrons. The standard InChI is InChI=1S/C21H24N2O/c1-3-13-22(14-4-2)15-17(24)16-23-20-11-7-5-9-18(20)19-10-6-8-12-21(19)23/h3-12,17,24H,1-2,13-16H2/p+1/t17-/m0/s1. The van der Waals surface area contributed by atoms with Crippen molar-refractivity contribution in [2.75, 3.05) is 19.6 Å². The molecule has 0 amide bonds. The number of aliphatic hydroxyl groups excluding tert-OH is 1. The zero-order valence-corrected chi connectivity index (χ0v) is 14.0. The smallest absolute Gasteiger partial charge is 0.121 e. The third-order valence-electron chi connectivity index (χ3n) is 4.46. The van der Waals surface area contributed by atoms with E-state index in [1.807, 2.05) is 12.2 Å². The number of nitrogens with one attached hydrogen (secondary N) is 1. The number of quaternary nitrogens is 1. The molecule has 3 nitrogen and oxygen atoms in total. The average molecular weight is 321 g/mol. The third kappa shape index (κ3) is 3.28. The fourth-order valence-corrected chi connectivity index (χ4v) is 3.47. The van der Waals surface area contributed by atoms with E-state index in [-0.39, 0.29) is 0 Å². The molecule has 0 bridgehead atoms. The fraction of sp³-hybridized carbons (Fsp3) is 0.238. The van der Waals surface area contributed by atoms with Crippen molar-refractivity contribution >= 4 is 21.8 Å². The second-order valence-corrected chi connectivity index (χ2v) is 6.24. The van der Waals surface area contributed by atoms with E-state index in [4.69, 9.17) is 0 Å². The van der Waals surface area contributed by atoms with E-state index < -0.39 is 6.10 Å². The van der Waals surface area contributed by atoms with Gasteiger partial charge in [-0.2, -0.15) is 0 Å². The number of hydrogen-bond acceptors (Lipinski definition) is 1. The highest BCUT2D eigenvalue weighted by Crippen LogP contribution is 2.28. The molecule has 0 aliphatic heterocycles. The average Bonchev–Trinajstić information content (AvgIpc) is 2.90. The van der Waals surface area contributed by atoms with Gasteiger partial charge in [-0.15, -0.1) is 0 Å². The maximum atomic E-state index is 10.7. The zero-order chi connectivity index (χ0) is 16.9. The van der Waals surface area contributed by atoms with Gasteiger partial charge in [-0.05, 0) is 24.3 Å². The van der Waals surface area contributed by atoms with Gasteiger partial charge < -0.3 is 14.6 Å². The molecule has 0 aliphatic rings. The Labute approximate surface area is 143 Å². The van der Waals surface area contributed by atoms with Crippen LogP contribution in [0.3, 0.4) is 0 Å². The minimum atomic E-state index is -0.417. The number of fused-ring (bicyclic) bond motifs is 3. The Balaban J connectivity index is 1.91. The number of aliphatic hydroxyl groups is 1. The van der Waals surface area contributed by atoms with Crippen LogP contribution in [0, 0.1) is 0 Å². The van der Waals surface area contributed by atoms with Gasteiger partial charge in [0.1, 0.15) is 12.6 Å². The van der Waals surface area contributed by atoms with Crippen LogP contribution < -0.4 is 4.90 Å². The van der Waals surface area contributed by atoms with E-state index in [9.17, 15) is 5.11 Å². The van der Waals surface area contributed by atoms with Crippen LogP contribution in [0.1, 0.15) is 0 Å². The Morgan fingerprint density at radius 1 is 0.917 bits per heavy atom. The van der Waals surface area contributed by atoms with Gasteiger partial charge in [-0.3, -0.25) is 0 Å². The lowest BCUT2D eigenvalue weighted by Gasteiger charge is -2.20. The van der Waals surface area contributed by atoms with Crippen LogP contribution in [0.25, 0.3) is 21.8 Å². The predicted octanol–water partition coefficient (Wildman–Crippen LogP) is 2.41. The lowest BCUT2D eigenvalue weighted by molar-refractivity contribution is -0.891. The topological polar surface area (TPSA) is 29.6 Å². The highest BCUT2D eigenvalue weighted by atomic mass is 16.3. The third-order valence-corrected chi connectivity index (χ3v) is 4.46. The molecule has 124 valence electrons. The number of aromatic nitrogens is 1. The molecule has 0 aliphatic carbocycles. The van der Waals surface area contributed by atoms with Crippen molar-refractivity contribution in [2.45, 2.75) is 12.6 Å². The molecular weight excluding hydrogens is 296 g/mol. The van der Waals surface area contributed by atoms with E-state index in [1.165, 1.54) is 26.7 Å². The maximum absolute atomic E-state index is 10.7. The van der Waals surface area contributed by atoms with Gasteiger partial charge in [0.05, 0.1) is 19.6 Å². The summed E-state index contributed by atoms with van der Waals surface area (Å²) in [6.45, 7) is 10.5. The molecule has 0 unspecified atom stereocenters. The maximum Gasteiger partial charge on any atom is 0.121 e. The summed E-state index contributed by atoms with van der Waals surface area (Å²) in [6.07, 6.45) is 3.37. The van der Waals surface area contributed by atoms with E-state index in [2.05, 4.69) is 66.3 Å². The highest BCUT2D eigenvalue weighted by molar-refractivity contribution is 6.07. The molecule has 0 saturated heterocycles. The van der Waals surface area contributed by atoms with Gasteiger partial charge in [0.15, 0.2) is 0 Å². The van der Waals surface area contributed by atoms with Gasteiger partial charge in [0.25, 0.3) is 0 Å². The van der Waals surface area contributed by atoms with Crippen molar-refractivity contribution in [3.63, 3.8) is 0 Å². The van der Waals surface area contributed by atoms with Crippen LogP contribution in [-0.4, -0.2) is 35.4 Å². The van der Waals surface area contributed by atoms with Crippen LogP contribution in [0.15, 0.2) is 73.8 Å². The first-order valence-corrected chi connectivity index (χ1v) is 8.44. The summed E-state index contributed by atoms with van der Waals surface area (Å²) in [6, 6.07) is 16.8. The van der Waals surface area contributed by atoms with E-state index in [0.717, 1.165) is 13.1 Å². The van der Waals surface area contributed by atoms with Crippen molar-refractivity contribution in [3.8, 4) is 0 Å². The van der Waals surface area contributed by atoms with E-state index in [1.54, 1.807) is 0 Å². The van der Waals surface area contributed by atoms with Gasteiger partial charge in [-0.25, -0.2) is 0 Å². The first kappa shape index (κ1) is 16.5. The first-order chi connectivity index (χ1) is 11.7. The van der Waals surface area contributed by atoms with Gasteiger partial charge in [0.2, 0.25) is 0 Å². The Morgan fingerprint density at radius 2 is 1.42 bits per heavy atom. The minimum Gasteiger partial charge on any atom is -0.385 e. The zero-order valence-electron chi connectivity index (χ0n) is 14.0. The minimum absolute atomic E-state index is 0.417. The monoisotopic (exact) mass is 321 g/mol. The van der Waals surface area contributed by atoms with Crippen LogP contribution in [0.2, 0.25) is 0 Å². The Hall–Kier alpha value is -2.36. The molecule has 3 heteroatoms. The van der Waals surface area contributed by atoms with E-state index in [0.29, 0.717) is 13.1 Å². The normalized spacial score (nSPS) is 12.8. The van der Waals surface area contributed by atoms with Crippen molar-refractivity contribution < 1.29 is 10.0 Å². The molecule has 3 aromatic rings. The van der Waals surface area contributed by atoms with Crippen molar-refractivity contribution in [1.29, 1.82) is 0 Å². The van der Waals surface area contributed by atoms with Gasteiger partial charge in [-0.1, -0.05) is 49.6 Å². The van der Waals surface area contributed by atoms with Crippen LogP contribution in [0.4, 0.5) is 0 Å². The summed E-state index contributed by atoms with van der Waals surface area (Å²) in [5.41, 5.74) is 2.35. The summed E-state index contributed by atoms with van der Waals surface area (Å²) in [4.78, 5) is 1.27. The molecular formula is C21H25N2O+. The molecule has 3 rings (SSSR count). The summed E-state index contributed by atoms with van der Waals surface area (Å²) in [7, 11) is 0. The summed E-state index contributed by atoms with van der Waals surface area (Å²) in [5.74, 6) is 0. The molecule has 2 N–H and O–H groups in total. The van der Waals surface area contributed by atoms with Crippen LogP contribution in [0.5, 0.6) is 0 Å². The number of rotatable bonds is 8. The Kier molecular flexibility index (Phi) is 5.14. The lowest BCUT2D eigenvalue weighted by atomic mass is 10.2. The second kappa shape index (κ2) is 7.47. The second-order valence-electron chi connectivity index (χ2n) is 6.24. The predicted molar refractivity (Wildman–Crippen MR) is 101 cm³/mol. The van der Waals surface area contributed by atoms with Gasteiger partial charge >= 0.3 is 0 Å². The van der Waals surface area contributed by atoms with Gasteiger partial charge in [0, 0.05) is 21.8 Å². The molecule has 0 saturated carbocycles. The molecule has 2 aromatic carbocycles. The summed E-state index contributed by atoms with van der Waals surface area (Å²) >= 11 is 0. The van der Waals surface area contributed by atoms with Crippen molar-refractivity contribution in [1.82, 2.24) is 4.57 Å². The molecule has 1 aromatic heterocycles. The lowest BCUT2D eigenvalue weighted by Crippen LogP contribution is -3.12. The first-order valence-electron chi connectivity index (χ1n) is 8.44. The molecule has 0 fully saturated rings. The number of nitrogens with zero attached hydrogens (tertiary/aromatic N) is 1. The van der Waals surface area contributed by atoms with Crippen LogP contribution in [-0.2, 0) is 6.54 Å². The number of para-hydroxylation sites is 2. The summed E-state index contributed by atoms with van der Waals surface area (Å²) in [5, 5.41) is 13.1. The number of benzene rings is 2.